The average Bonchev–Trinajstić information content (AvgIpc) is 2.65. The van der Waals surface area contributed by atoms with Gasteiger partial charge in [-0.3, -0.25) is 0 Å². The molecule has 0 aliphatic carbocycles. The van der Waals surface area contributed by atoms with Gasteiger partial charge in [0.1, 0.15) is 11.8 Å². The topological polar surface area (TPSA) is 75.6 Å². The Morgan fingerprint density at radius 3 is 2.79 bits per heavy atom. The van der Waals surface area contributed by atoms with Gasteiger partial charge in [0.25, 0.3) is 11.2 Å². The third-order valence-corrected chi connectivity index (χ3v) is 1.67. The summed E-state index contributed by atoms with van der Waals surface area (Å²) in [6.07, 6.45) is 1.42. The molecule has 68 valence electrons. The van der Waals surface area contributed by atoms with Crippen LogP contribution in [0.2, 0.25) is 5.28 Å². The third kappa shape index (κ3) is 1.56. The normalized spacial score (nSPS) is 9.71. The number of nitrogens with zero attached hydrogens (tertiary/aromatic N) is 4. The van der Waals surface area contributed by atoms with Gasteiger partial charge in [0.05, 0.1) is 5.56 Å². The fourth-order valence-corrected chi connectivity index (χ4v) is 1.01. The van der Waals surface area contributed by atoms with E-state index in [9.17, 15) is 0 Å². The molecular weight excluding hydrogens is 204 g/mol. The lowest BCUT2D eigenvalue weighted by atomic mass is 10.3. The molecule has 14 heavy (non-hydrogen) atoms. The predicted octanol–water partition coefficient (Wildman–Crippen LogP) is 1.66. The van der Waals surface area contributed by atoms with Crippen molar-refractivity contribution in [2.24, 2.45) is 0 Å². The van der Waals surface area contributed by atoms with Crippen molar-refractivity contribution in [3.05, 3.63) is 29.2 Å². The van der Waals surface area contributed by atoms with Crippen LogP contribution in [-0.4, -0.2) is 15.1 Å². The molecular formula is C8H3ClN4O. The van der Waals surface area contributed by atoms with Gasteiger partial charge < -0.3 is 4.52 Å². The SMILES string of the molecule is N#Cc1ccc(-c2nc(Cl)no2)nc1. The quantitative estimate of drug-likeness (QED) is 0.709. The van der Waals surface area contributed by atoms with Gasteiger partial charge in [-0.1, -0.05) is 0 Å². The molecule has 0 radical (unpaired) electrons. The molecule has 2 heterocycles. The maximum atomic E-state index is 8.54. The number of pyridine rings is 1. The van der Waals surface area contributed by atoms with Crippen molar-refractivity contribution >= 4 is 11.6 Å². The molecule has 0 spiro atoms. The Labute approximate surface area is 84.0 Å². The molecule has 0 amide bonds. The first kappa shape index (κ1) is 8.66. The highest BCUT2D eigenvalue weighted by atomic mass is 35.5. The molecule has 0 aliphatic rings. The Morgan fingerprint density at radius 1 is 1.43 bits per heavy atom. The van der Waals surface area contributed by atoms with Crippen LogP contribution in [0.3, 0.4) is 0 Å². The average molecular weight is 207 g/mol. The Kier molecular flexibility index (Phi) is 2.13. The van der Waals surface area contributed by atoms with Crippen molar-refractivity contribution in [2.75, 3.05) is 0 Å². The molecule has 0 saturated carbocycles. The smallest absolute Gasteiger partial charge is 0.277 e. The highest BCUT2D eigenvalue weighted by molar-refractivity contribution is 6.28. The summed E-state index contributed by atoms with van der Waals surface area (Å²) in [4.78, 5) is 7.73. The van der Waals surface area contributed by atoms with Crippen molar-refractivity contribution in [3.8, 4) is 17.7 Å². The molecule has 2 rings (SSSR count). The van der Waals surface area contributed by atoms with E-state index in [1.807, 2.05) is 6.07 Å². The monoisotopic (exact) mass is 206 g/mol. The molecule has 0 bridgehead atoms. The van der Waals surface area contributed by atoms with Crippen LogP contribution >= 0.6 is 11.6 Å². The summed E-state index contributed by atoms with van der Waals surface area (Å²) in [5.74, 6) is 0.236. The molecule has 0 N–H and O–H groups in total. The second-order valence-electron chi connectivity index (χ2n) is 2.41. The molecule has 0 fully saturated rings. The Morgan fingerprint density at radius 2 is 2.29 bits per heavy atom. The standard InChI is InChI=1S/C8H3ClN4O/c9-8-12-7(14-13-8)6-2-1-5(3-10)4-11-6/h1-2,4H. The maximum absolute atomic E-state index is 8.54. The zero-order chi connectivity index (χ0) is 9.97. The van der Waals surface area contributed by atoms with Crippen LogP contribution in [0.4, 0.5) is 0 Å². The van der Waals surface area contributed by atoms with E-state index in [0.29, 0.717) is 11.3 Å². The van der Waals surface area contributed by atoms with Crippen LogP contribution in [0, 0.1) is 11.3 Å². The summed E-state index contributed by atoms with van der Waals surface area (Å²) in [5, 5.41) is 12.0. The van der Waals surface area contributed by atoms with Crippen LogP contribution in [0.5, 0.6) is 0 Å². The lowest BCUT2D eigenvalue weighted by Gasteiger charge is -1.91. The Hall–Kier alpha value is -1.93. The number of halogens is 1. The molecule has 0 saturated heterocycles. The van der Waals surface area contributed by atoms with Gasteiger partial charge in [-0.25, -0.2) is 4.98 Å². The van der Waals surface area contributed by atoms with E-state index in [2.05, 4.69) is 15.1 Å². The van der Waals surface area contributed by atoms with E-state index in [0.717, 1.165) is 0 Å². The number of hydrogen-bond acceptors (Lipinski definition) is 5. The van der Waals surface area contributed by atoms with Gasteiger partial charge in [0.15, 0.2) is 0 Å². The minimum atomic E-state index is 0.0335. The first-order valence-electron chi connectivity index (χ1n) is 3.65. The molecule has 0 aliphatic heterocycles. The molecule has 0 aromatic carbocycles. The highest BCUT2D eigenvalue weighted by Gasteiger charge is 2.07. The largest absolute Gasteiger partial charge is 0.331 e. The van der Waals surface area contributed by atoms with Gasteiger partial charge in [0, 0.05) is 6.20 Å². The highest BCUT2D eigenvalue weighted by Crippen LogP contribution is 2.15. The van der Waals surface area contributed by atoms with Crippen molar-refractivity contribution in [3.63, 3.8) is 0 Å². The van der Waals surface area contributed by atoms with Crippen LogP contribution in [-0.2, 0) is 0 Å². The maximum Gasteiger partial charge on any atom is 0.277 e. The number of rotatable bonds is 1. The Bertz CT molecular complexity index is 485. The van der Waals surface area contributed by atoms with E-state index in [1.165, 1.54) is 6.20 Å². The summed E-state index contributed by atoms with van der Waals surface area (Å²) in [5.41, 5.74) is 0.961. The van der Waals surface area contributed by atoms with Crippen LogP contribution < -0.4 is 0 Å². The molecule has 0 atom stereocenters. The van der Waals surface area contributed by atoms with E-state index in [1.54, 1.807) is 12.1 Å². The number of hydrogen-bond donors (Lipinski definition) is 0. The summed E-state index contributed by atoms with van der Waals surface area (Å²) in [6.45, 7) is 0. The zero-order valence-corrected chi connectivity index (χ0v) is 7.56. The first-order chi connectivity index (χ1) is 6.79. The summed E-state index contributed by atoms with van der Waals surface area (Å²) >= 11 is 5.47. The van der Waals surface area contributed by atoms with Crippen LogP contribution in [0.25, 0.3) is 11.6 Å². The minimum Gasteiger partial charge on any atom is -0.331 e. The molecule has 5 nitrogen and oxygen atoms in total. The summed E-state index contributed by atoms with van der Waals surface area (Å²) < 4.78 is 4.79. The lowest BCUT2D eigenvalue weighted by molar-refractivity contribution is 0.429. The summed E-state index contributed by atoms with van der Waals surface area (Å²) in [6, 6.07) is 5.18. The van der Waals surface area contributed by atoms with Gasteiger partial charge in [-0.15, -0.1) is 0 Å². The van der Waals surface area contributed by atoms with Crippen molar-refractivity contribution in [2.45, 2.75) is 0 Å². The lowest BCUT2D eigenvalue weighted by Crippen LogP contribution is -1.84. The van der Waals surface area contributed by atoms with Crippen molar-refractivity contribution in [1.82, 2.24) is 15.1 Å². The van der Waals surface area contributed by atoms with Crippen LogP contribution in [0.15, 0.2) is 22.9 Å². The van der Waals surface area contributed by atoms with E-state index >= 15 is 0 Å². The second-order valence-corrected chi connectivity index (χ2v) is 2.75. The number of aromatic nitrogens is 3. The second kappa shape index (κ2) is 3.44. The number of nitriles is 1. The minimum absolute atomic E-state index is 0.0335. The van der Waals surface area contributed by atoms with E-state index < -0.39 is 0 Å². The van der Waals surface area contributed by atoms with Gasteiger partial charge in [-0.2, -0.15) is 10.2 Å². The predicted molar refractivity (Wildman–Crippen MR) is 47.3 cm³/mol. The zero-order valence-electron chi connectivity index (χ0n) is 6.81. The van der Waals surface area contributed by atoms with E-state index in [-0.39, 0.29) is 11.2 Å². The van der Waals surface area contributed by atoms with Crippen LogP contribution in [0.1, 0.15) is 5.56 Å². The fourth-order valence-electron chi connectivity index (χ4n) is 0.896. The van der Waals surface area contributed by atoms with Gasteiger partial charge >= 0.3 is 0 Å². The fraction of sp³-hybridized carbons (Fsp3) is 0. The van der Waals surface area contributed by atoms with Crippen molar-refractivity contribution in [1.29, 1.82) is 5.26 Å². The van der Waals surface area contributed by atoms with Gasteiger partial charge in [-0.05, 0) is 28.9 Å². The van der Waals surface area contributed by atoms with E-state index in [4.69, 9.17) is 21.4 Å². The first-order valence-corrected chi connectivity index (χ1v) is 4.03. The third-order valence-electron chi connectivity index (χ3n) is 1.51. The molecule has 2 aromatic heterocycles. The summed E-state index contributed by atoms with van der Waals surface area (Å²) in [7, 11) is 0. The van der Waals surface area contributed by atoms with Crippen molar-refractivity contribution < 1.29 is 4.52 Å². The Balaban J connectivity index is 2.39. The molecule has 0 unspecified atom stereocenters. The molecule has 6 heteroatoms. The molecule has 2 aromatic rings. The van der Waals surface area contributed by atoms with Gasteiger partial charge in [0.2, 0.25) is 0 Å².